The van der Waals surface area contributed by atoms with E-state index in [4.69, 9.17) is 0 Å². The van der Waals surface area contributed by atoms with Crippen LogP contribution >= 0.6 is 0 Å². The Morgan fingerprint density at radius 1 is 1.30 bits per heavy atom. The van der Waals surface area contributed by atoms with Crippen molar-refractivity contribution >= 4 is 11.6 Å². The van der Waals surface area contributed by atoms with Crippen LogP contribution in [0.25, 0.3) is 0 Å². The highest BCUT2D eigenvalue weighted by atomic mass is 15.1. The largest absolute Gasteiger partial charge is 0.324 e. The van der Waals surface area contributed by atoms with Crippen molar-refractivity contribution in [2.45, 2.75) is 26.8 Å². The number of nitrogens with zero attached hydrogens (tertiary/aromatic N) is 3. The zero-order chi connectivity index (χ0) is 13.9. The van der Waals surface area contributed by atoms with Crippen LogP contribution in [0.1, 0.15) is 23.7 Å². The van der Waals surface area contributed by atoms with Gasteiger partial charge in [0.25, 0.3) is 0 Å². The maximum Gasteiger partial charge on any atom is 0.227 e. The van der Waals surface area contributed by atoms with Gasteiger partial charge in [-0.3, -0.25) is 4.90 Å². The first-order valence-electron chi connectivity index (χ1n) is 7.16. The number of benzene rings is 1. The molecule has 0 saturated carbocycles. The first-order chi connectivity index (χ1) is 9.76. The number of aromatic nitrogens is 2. The minimum absolute atomic E-state index is 0.677. The molecule has 1 N–H and O–H groups in total. The topological polar surface area (TPSA) is 41.0 Å². The van der Waals surface area contributed by atoms with E-state index < -0.39 is 0 Å². The van der Waals surface area contributed by atoms with Crippen LogP contribution in [0.4, 0.5) is 11.6 Å². The summed E-state index contributed by atoms with van der Waals surface area (Å²) < 4.78 is 0. The molecule has 1 aromatic carbocycles. The fourth-order valence-electron chi connectivity index (χ4n) is 2.68. The zero-order valence-electron chi connectivity index (χ0n) is 12.1. The third-order valence-electron chi connectivity index (χ3n) is 3.83. The van der Waals surface area contributed by atoms with E-state index in [2.05, 4.69) is 45.3 Å². The van der Waals surface area contributed by atoms with Gasteiger partial charge in [-0.25, -0.2) is 9.97 Å². The van der Waals surface area contributed by atoms with E-state index in [1.165, 1.54) is 11.1 Å². The summed E-state index contributed by atoms with van der Waals surface area (Å²) in [6, 6.07) is 8.35. The minimum Gasteiger partial charge on any atom is -0.324 e. The number of fused-ring (bicyclic) bond motifs is 1. The summed E-state index contributed by atoms with van der Waals surface area (Å²) in [5, 5.41) is 3.36. The monoisotopic (exact) mass is 268 g/mol. The van der Waals surface area contributed by atoms with Gasteiger partial charge in [0.15, 0.2) is 0 Å². The molecule has 104 valence electrons. The Labute approximate surface area is 119 Å². The van der Waals surface area contributed by atoms with Crippen LogP contribution in [0, 0.1) is 6.92 Å². The molecule has 2 aromatic rings. The van der Waals surface area contributed by atoms with Gasteiger partial charge in [0.1, 0.15) is 0 Å². The number of nitrogens with one attached hydrogen (secondary N) is 1. The maximum absolute atomic E-state index is 4.42. The number of hydrogen-bond donors (Lipinski definition) is 1. The fraction of sp³-hybridized carbons (Fsp3) is 0.375. The molecule has 4 heteroatoms. The molecule has 1 aliphatic rings. The second kappa shape index (κ2) is 5.59. The highest BCUT2D eigenvalue weighted by molar-refractivity contribution is 5.61. The molecule has 1 aliphatic heterocycles. The summed E-state index contributed by atoms with van der Waals surface area (Å²) >= 11 is 0. The van der Waals surface area contributed by atoms with E-state index >= 15 is 0 Å². The van der Waals surface area contributed by atoms with Gasteiger partial charge in [0, 0.05) is 30.7 Å². The van der Waals surface area contributed by atoms with Crippen LogP contribution in [-0.4, -0.2) is 28.0 Å². The van der Waals surface area contributed by atoms with Gasteiger partial charge in [-0.05, 0) is 43.1 Å². The van der Waals surface area contributed by atoms with Crippen molar-refractivity contribution in [2.24, 2.45) is 0 Å². The van der Waals surface area contributed by atoms with E-state index in [1.54, 1.807) is 6.20 Å². The van der Waals surface area contributed by atoms with Gasteiger partial charge in [0.05, 0.1) is 0 Å². The first kappa shape index (κ1) is 13.1. The Hall–Kier alpha value is -1.94. The summed E-state index contributed by atoms with van der Waals surface area (Å²) in [6.45, 7) is 7.46. The highest BCUT2D eigenvalue weighted by Gasteiger charge is 2.17. The van der Waals surface area contributed by atoms with Crippen LogP contribution in [0.5, 0.6) is 0 Å². The fourth-order valence-corrected chi connectivity index (χ4v) is 2.68. The number of hydrogen-bond acceptors (Lipinski definition) is 4. The summed E-state index contributed by atoms with van der Waals surface area (Å²) in [5.41, 5.74) is 4.94. The van der Waals surface area contributed by atoms with Gasteiger partial charge >= 0.3 is 0 Å². The van der Waals surface area contributed by atoms with E-state index in [9.17, 15) is 0 Å². The van der Waals surface area contributed by atoms with Gasteiger partial charge in [0.2, 0.25) is 5.95 Å². The average molecular weight is 268 g/mol. The minimum atomic E-state index is 0.677. The molecule has 0 saturated heterocycles. The lowest BCUT2D eigenvalue weighted by Gasteiger charge is -2.29. The summed E-state index contributed by atoms with van der Waals surface area (Å²) in [7, 11) is 0. The van der Waals surface area contributed by atoms with E-state index in [-0.39, 0.29) is 0 Å². The molecule has 4 nitrogen and oxygen atoms in total. The van der Waals surface area contributed by atoms with Gasteiger partial charge in [-0.1, -0.05) is 19.1 Å². The highest BCUT2D eigenvalue weighted by Crippen LogP contribution is 2.27. The molecule has 0 radical (unpaired) electrons. The molecule has 0 bridgehead atoms. The second-order valence-corrected chi connectivity index (χ2v) is 5.21. The predicted molar refractivity (Wildman–Crippen MR) is 81.1 cm³/mol. The molecule has 2 heterocycles. The Morgan fingerprint density at radius 3 is 3.00 bits per heavy atom. The Kier molecular flexibility index (Phi) is 3.65. The molecule has 3 rings (SSSR count). The molecule has 0 spiro atoms. The number of anilines is 2. The standard InChI is InChI=1S/C16H20N4/c1-3-20-10-8-14-13(11-20)5-4-6-15(14)19-16-17-9-7-12(2)18-16/h4-7,9H,3,8,10-11H2,1-2H3,(H,17,18,19). The van der Waals surface area contributed by atoms with E-state index in [1.807, 2.05) is 13.0 Å². The Bertz CT molecular complexity index is 609. The average Bonchev–Trinajstić information content (AvgIpc) is 2.47. The summed E-state index contributed by atoms with van der Waals surface area (Å²) in [6.07, 6.45) is 2.87. The van der Waals surface area contributed by atoms with Crippen LogP contribution in [0.2, 0.25) is 0 Å². The summed E-state index contributed by atoms with van der Waals surface area (Å²) in [5.74, 6) is 0.677. The van der Waals surface area contributed by atoms with Gasteiger partial charge in [-0.2, -0.15) is 0 Å². The third-order valence-corrected chi connectivity index (χ3v) is 3.83. The quantitative estimate of drug-likeness (QED) is 0.929. The second-order valence-electron chi connectivity index (χ2n) is 5.21. The first-order valence-corrected chi connectivity index (χ1v) is 7.16. The van der Waals surface area contributed by atoms with Crippen LogP contribution in [-0.2, 0) is 13.0 Å². The summed E-state index contributed by atoms with van der Waals surface area (Å²) in [4.78, 5) is 11.2. The van der Waals surface area contributed by atoms with Gasteiger partial charge in [-0.15, -0.1) is 0 Å². The Balaban J connectivity index is 1.88. The number of rotatable bonds is 3. The molecule has 1 aromatic heterocycles. The van der Waals surface area contributed by atoms with Crippen molar-refractivity contribution in [1.82, 2.24) is 14.9 Å². The van der Waals surface area contributed by atoms with Crippen molar-refractivity contribution in [3.05, 3.63) is 47.3 Å². The lowest BCUT2D eigenvalue weighted by Crippen LogP contribution is -2.30. The maximum atomic E-state index is 4.42. The molecular formula is C16H20N4. The molecule has 20 heavy (non-hydrogen) atoms. The normalized spacial score (nSPS) is 14.9. The van der Waals surface area contributed by atoms with Crippen molar-refractivity contribution < 1.29 is 0 Å². The smallest absolute Gasteiger partial charge is 0.227 e. The lowest BCUT2D eigenvalue weighted by molar-refractivity contribution is 0.268. The van der Waals surface area contributed by atoms with E-state index in [0.717, 1.165) is 37.4 Å². The predicted octanol–water partition coefficient (Wildman–Crippen LogP) is 2.91. The number of aryl methyl sites for hydroxylation is 1. The van der Waals surface area contributed by atoms with Crippen LogP contribution in [0.3, 0.4) is 0 Å². The van der Waals surface area contributed by atoms with Crippen molar-refractivity contribution in [3.8, 4) is 0 Å². The third kappa shape index (κ3) is 2.65. The molecule has 0 fully saturated rings. The molecule has 0 atom stereocenters. The van der Waals surface area contributed by atoms with Crippen LogP contribution < -0.4 is 5.32 Å². The van der Waals surface area contributed by atoms with Gasteiger partial charge < -0.3 is 5.32 Å². The zero-order valence-corrected chi connectivity index (χ0v) is 12.1. The molecule has 0 amide bonds. The molecule has 0 unspecified atom stereocenters. The van der Waals surface area contributed by atoms with E-state index in [0.29, 0.717) is 5.95 Å². The van der Waals surface area contributed by atoms with Crippen molar-refractivity contribution in [2.75, 3.05) is 18.4 Å². The van der Waals surface area contributed by atoms with Crippen LogP contribution in [0.15, 0.2) is 30.5 Å². The molecule has 0 aliphatic carbocycles. The molecular weight excluding hydrogens is 248 g/mol. The number of likely N-dealkylation sites (N-methyl/N-ethyl adjacent to an activating group) is 1. The SMILES string of the molecule is CCN1CCc2c(cccc2Nc2nccc(C)n2)C1. The lowest BCUT2D eigenvalue weighted by atomic mass is 9.98. The Morgan fingerprint density at radius 2 is 2.20 bits per heavy atom. The van der Waals surface area contributed by atoms with Crippen molar-refractivity contribution in [3.63, 3.8) is 0 Å². The van der Waals surface area contributed by atoms with Crippen molar-refractivity contribution in [1.29, 1.82) is 0 Å².